The molecule has 0 unspecified atom stereocenters. The Morgan fingerprint density at radius 2 is 1.89 bits per heavy atom. The minimum Gasteiger partial charge on any atom is -0.472 e. The Morgan fingerprint density at radius 1 is 1.14 bits per heavy atom. The molecule has 192 valence electrons. The third-order valence-electron chi connectivity index (χ3n) is 5.20. The second kappa shape index (κ2) is 11.1. The number of aromatic nitrogens is 2. The van der Waals surface area contributed by atoms with Crippen LogP contribution in [0.3, 0.4) is 0 Å². The number of allylic oxidation sites excluding steroid dienone is 2. The number of aliphatic imine (C=N–C) groups is 1. The molecule has 0 aliphatic carbocycles. The number of benzene rings is 2. The summed E-state index contributed by atoms with van der Waals surface area (Å²) in [5.74, 6) is -0.230. The highest BCUT2D eigenvalue weighted by Gasteiger charge is 2.20. The molecule has 0 saturated heterocycles. The molecule has 0 amide bonds. The van der Waals surface area contributed by atoms with E-state index in [0.717, 1.165) is 10.9 Å². The maximum absolute atomic E-state index is 12.7. The van der Waals surface area contributed by atoms with Gasteiger partial charge in [-0.1, -0.05) is 12.1 Å². The van der Waals surface area contributed by atoms with E-state index in [9.17, 15) is 22.4 Å². The van der Waals surface area contributed by atoms with Gasteiger partial charge in [-0.05, 0) is 42.0 Å². The van der Waals surface area contributed by atoms with Crippen LogP contribution in [0.4, 0.5) is 23.2 Å². The predicted molar refractivity (Wildman–Crippen MR) is 131 cm³/mol. The number of hydrogen-bond acceptors (Lipinski definition) is 7. The Balaban J connectivity index is 1.74. The Kier molecular flexibility index (Phi) is 7.66. The summed E-state index contributed by atoms with van der Waals surface area (Å²) < 4.78 is 61.4. The van der Waals surface area contributed by atoms with E-state index in [0.29, 0.717) is 17.5 Å². The number of hydrazone groups is 1. The van der Waals surface area contributed by atoms with Gasteiger partial charge in [0.15, 0.2) is 12.9 Å². The Bertz CT molecular complexity index is 1410. The van der Waals surface area contributed by atoms with E-state index < -0.39 is 19.6 Å². The Hall–Kier alpha value is -4.48. The van der Waals surface area contributed by atoms with Crippen LogP contribution >= 0.6 is 0 Å². The van der Waals surface area contributed by atoms with E-state index in [1.807, 2.05) is 31.4 Å². The van der Waals surface area contributed by atoms with Gasteiger partial charge in [0.1, 0.15) is 17.2 Å². The first-order chi connectivity index (χ1) is 17.7. The highest BCUT2D eigenvalue weighted by molar-refractivity contribution is 6.25. The number of aryl methyl sites for hydroxylation is 1. The molecule has 1 aliphatic rings. The lowest BCUT2D eigenvalue weighted by Crippen LogP contribution is -2.19. The number of anilines is 1. The lowest BCUT2D eigenvalue weighted by atomic mass is 10.0. The van der Waals surface area contributed by atoms with Crippen molar-refractivity contribution in [3.8, 4) is 5.75 Å². The summed E-state index contributed by atoms with van der Waals surface area (Å²) in [6.45, 7) is -3.89. The lowest BCUT2D eigenvalue weighted by molar-refractivity contribution is -0.103. The summed E-state index contributed by atoms with van der Waals surface area (Å²) in [5.41, 5.74) is 2.18. The second-order valence-corrected chi connectivity index (χ2v) is 7.82. The molecular formula is C25H21F4N5O3. The quantitative estimate of drug-likeness (QED) is 0.186. The fourth-order valence-electron chi connectivity index (χ4n) is 3.58. The number of alkyl halides is 4. The molecule has 0 bridgehead atoms. The first kappa shape index (κ1) is 25.6. The number of hydrogen-bond donors (Lipinski definition) is 0. The van der Waals surface area contributed by atoms with Crippen molar-refractivity contribution in [1.82, 2.24) is 9.78 Å². The minimum atomic E-state index is -3.00. The van der Waals surface area contributed by atoms with Crippen LogP contribution in [0, 0.1) is 0 Å². The molecule has 3 aromatic rings. The summed E-state index contributed by atoms with van der Waals surface area (Å²) in [5, 5.41) is 11.4. The number of carbonyl (C=O) groups excluding carboxylic acids is 1. The standard InChI is InChI=1S/C25H21F4N5O3/c1-33-12-16-11-17(5-8-20(16)31-33)34(2)32-21-9-10-23(36-14-22(26)27)30-24(21)19(13-35)15-3-6-18(7-4-15)37-25(28)29/h3-13,22,25H,14H2,1-2H3/b24-19-,32-21-. The zero-order valence-corrected chi connectivity index (χ0v) is 19.7. The first-order valence-electron chi connectivity index (χ1n) is 10.9. The predicted octanol–water partition coefficient (Wildman–Crippen LogP) is 4.83. The zero-order chi connectivity index (χ0) is 26.5. The summed E-state index contributed by atoms with van der Waals surface area (Å²) in [6.07, 6.45) is 2.50. The van der Waals surface area contributed by atoms with Crippen molar-refractivity contribution in [2.45, 2.75) is 13.0 Å². The molecular weight excluding hydrogens is 494 g/mol. The van der Waals surface area contributed by atoms with Gasteiger partial charge in [0.25, 0.3) is 6.43 Å². The third-order valence-corrected chi connectivity index (χ3v) is 5.20. The number of carbonyl (C=O) groups is 1. The summed E-state index contributed by atoms with van der Waals surface area (Å²) >= 11 is 0. The molecule has 0 atom stereocenters. The normalized spacial score (nSPS) is 15.9. The Morgan fingerprint density at radius 3 is 2.57 bits per heavy atom. The zero-order valence-electron chi connectivity index (χ0n) is 19.7. The summed E-state index contributed by atoms with van der Waals surface area (Å²) in [7, 11) is 3.51. The van der Waals surface area contributed by atoms with Gasteiger partial charge in [-0.2, -0.15) is 19.0 Å². The summed E-state index contributed by atoms with van der Waals surface area (Å²) in [4.78, 5) is 16.4. The topological polar surface area (TPSA) is 81.3 Å². The van der Waals surface area contributed by atoms with Crippen LogP contribution in [-0.4, -0.2) is 54.4 Å². The molecule has 0 N–H and O–H groups in total. The molecule has 37 heavy (non-hydrogen) atoms. The number of ether oxygens (including phenoxy) is 2. The minimum absolute atomic E-state index is 0.0426. The van der Waals surface area contributed by atoms with E-state index in [2.05, 4.69) is 19.9 Å². The number of rotatable bonds is 8. The SMILES string of the molecule is CN(/N=C1/C=CC(OCC(F)F)=N/C1=C(/C=O)c1ccc(OC(F)F)cc1)c1ccc2nn(C)cc2c1. The van der Waals surface area contributed by atoms with E-state index in [1.165, 1.54) is 36.4 Å². The molecule has 2 aromatic carbocycles. The number of fused-ring (bicyclic) bond motifs is 1. The fourth-order valence-corrected chi connectivity index (χ4v) is 3.58. The van der Waals surface area contributed by atoms with Crippen molar-refractivity contribution >= 4 is 40.1 Å². The molecule has 8 nitrogen and oxygen atoms in total. The van der Waals surface area contributed by atoms with Crippen molar-refractivity contribution in [3.63, 3.8) is 0 Å². The molecule has 0 radical (unpaired) electrons. The number of dihydropyridines is 1. The molecule has 0 spiro atoms. The molecule has 1 aromatic heterocycles. The molecule has 1 aliphatic heterocycles. The van der Waals surface area contributed by atoms with E-state index >= 15 is 0 Å². The van der Waals surface area contributed by atoms with Crippen LogP contribution in [0.25, 0.3) is 16.5 Å². The van der Waals surface area contributed by atoms with Crippen LogP contribution in [0.5, 0.6) is 5.75 Å². The molecule has 4 rings (SSSR count). The van der Waals surface area contributed by atoms with Gasteiger partial charge in [-0.3, -0.25) is 14.5 Å². The van der Waals surface area contributed by atoms with Crippen LogP contribution in [0.15, 0.2) is 76.6 Å². The van der Waals surface area contributed by atoms with E-state index in [4.69, 9.17) is 4.74 Å². The Labute approximate surface area is 208 Å². The van der Waals surface area contributed by atoms with Gasteiger partial charge in [0.2, 0.25) is 5.90 Å². The molecule has 12 heteroatoms. The average molecular weight is 515 g/mol. The monoisotopic (exact) mass is 515 g/mol. The number of nitrogens with zero attached hydrogens (tertiary/aromatic N) is 5. The van der Waals surface area contributed by atoms with Crippen molar-refractivity contribution in [2.24, 2.45) is 17.1 Å². The lowest BCUT2D eigenvalue weighted by Gasteiger charge is -2.19. The van der Waals surface area contributed by atoms with Gasteiger partial charge in [-0.25, -0.2) is 13.8 Å². The van der Waals surface area contributed by atoms with Crippen LogP contribution in [0.1, 0.15) is 5.56 Å². The third kappa shape index (κ3) is 6.21. The second-order valence-electron chi connectivity index (χ2n) is 7.82. The smallest absolute Gasteiger partial charge is 0.387 e. The maximum atomic E-state index is 12.7. The van der Waals surface area contributed by atoms with Crippen molar-refractivity contribution in [1.29, 1.82) is 0 Å². The highest BCUT2D eigenvalue weighted by atomic mass is 19.3. The molecule has 0 saturated carbocycles. The molecule has 0 fully saturated rings. The fraction of sp³-hybridized carbons (Fsp3) is 0.200. The van der Waals surface area contributed by atoms with E-state index in [1.54, 1.807) is 16.7 Å². The van der Waals surface area contributed by atoms with Gasteiger partial charge in [0.05, 0.1) is 11.2 Å². The largest absolute Gasteiger partial charge is 0.472 e. The average Bonchev–Trinajstić information content (AvgIpc) is 3.24. The van der Waals surface area contributed by atoms with Crippen molar-refractivity contribution in [2.75, 3.05) is 18.7 Å². The maximum Gasteiger partial charge on any atom is 0.387 e. The summed E-state index contributed by atoms with van der Waals surface area (Å²) in [6, 6.07) is 10.9. The van der Waals surface area contributed by atoms with Crippen molar-refractivity contribution < 1.29 is 31.8 Å². The van der Waals surface area contributed by atoms with Crippen LogP contribution < -0.4 is 9.75 Å². The highest BCUT2D eigenvalue weighted by Crippen LogP contribution is 2.27. The van der Waals surface area contributed by atoms with E-state index in [-0.39, 0.29) is 28.6 Å². The number of aldehydes is 1. The van der Waals surface area contributed by atoms with Gasteiger partial charge < -0.3 is 9.47 Å². The van der Waals surface area contributed by atoms with Crippen molar-refractivity contribution in [3.05, 3.63) is 72.1 Å². The number of halogens is 4. The van der Waals surface area contributed by atoms with Crippen LogP contribution in [-0.2, 0) is 16.6 Å². The molecule has 2 heterocycles. The van der Waals surface area contributed by atoms with Crippen LogP contribution in [0.2, 0.25) is 0 Å². The first-order valence-corrected chi connectivity index (χ1v) is 10.9. The van der Waals surface area contributed by atoms with Gasteiger partial charge >= 0.3 is 6.61 Å². The van der Waals surface area contributed by atoms with Gasteiger partial charge in [0, 0.05) is 37.3 Å². The van der Waals surface area contributed by atoms with Gasteiger partial charge in [-0.15, -0.1) is 0 Å².